The molecule has 0 fully saturated rings. The molecule has 0 bridgehead atoms. The first-order chi connectivity index (χ1) is 8.53. The summed E-state index contributed by atoms with van der Waals surface area (Å²) in [6, 6.07) is 5.30. The van der Waals surface area contributed by atoms with Crippen molar-refractivity contribution in [3.8, 4) is 0 Å². The van der Waals surface area contributed by atoms with Gasteiger partial charge in [0.2, 0.25) is 0 Å². The Bertz CT molecular complexity index is 525. The molecule has 1 aliphatic rings. The minimum Gasteiger partial charge on any atom is -0.391 e. The van der Waals surface area contributed by atoms with Gasteiger partial charge in [0.05, 0.1) is 16.8 Å². The highest BCUT2D eigenvalue weighted by atomic mass is 32.2. The first kappa shape index (κ1) is 13.5. The summed E-state index contributed by atoms with van der Waals surface area (Å²) in [7, 11) is -3.44. The molecule has 0 aliphatic heterocycles. The van der Waals surface area contributed by atoms with E-state index in [1.807, 2.05) is 6.07 Å². The molecule has 0 amide bonds. The Labute approximate surface area is 108 Å². The van der Waals surface area contributed by atoms with Crippen LogP contribution in [0.25, 0.3) is 0 Å². The first-order valence-corrected chi connectivity index (χ1v) is 7.91. The van der Waals surface area contributed by atoms with E-state index in [4.69, 9.17) is 5.73 Å². The van der Waals surface area contributed by atoms with Gasteiger partial charge in [-0.05, 0) is 48.9 Å². The summed E-state index contributed by atoms with van der Waals surface area (Å²) < 4.78 is 24.1. The van der Waals surface area contributed by atoms with Gasteiger partial charge in [0.25, 0.3) is 0 Å². The van der Waals surface area contributed by atoms with Crippen molar-refractivity contribution in [2.24, 2.45) is 5.73 Å². The molecule has 1 aliphatic carbocycles. The van der Waals surface area contributed by atoms with Crippen molar-refractivity contribution in [1.82, 2.24) is 0 Å². The predicted octanol–water partition coefficient (Wildman–Crippen LogP) is 0.659. The molecule has 5 heteroatoms. The zero-order chi connectivity index (χ0) is 13.2. The molecule has 3 N–H and O–H groups in total. The van der Waals surface area contributed by atoms with Crippen LogP contribution in [0, 0.1) is 0 Å². The van der Waals surface area contributed by atoms with E-state index in [0.29, 0.717) is 4.90 Å². The summed E-state index contributed by atoms with van der Waals surface area (Å²) in [5.41, 5.74) is 7.63. The van der Waals surface area contributed by atoms with Crippen LogP contribution in [0.1, 0.15) is 24.0 Å². The van der Waals surface area contributed by atoms with Crippen LogP contribution in [0.5, 0.6) is 0 Å². The molecular formula is C13H19NO3S. The maximum absolute atomic E-state index is 12.1. The Morgan fingerprint density at radius 1 is 1.22 bits per heavy atom. The molecule has 0 saturated carbocycles. The Kier molecular flexibility index (Phi) is 4.04. The average Bonchev–Trinajstić information content (AvgIpc) is 2.37. The third-order valence-electron chi connectivity index (χ3n) is 3.36. The van der Waals surface area contributed by atoms with E-state index in [1.165, 1.54) is 12.0 Å². The third kappa shape index (κ3) is 2.91. The smallest absolute Gasteiger partial charge is 0.180 e. The highest BCUT2D eigenvalue weighted by Gasteiger charge is 2.20. The van der Waals surface area contributed by atoms with Crippen LogP contribution in [0.2, 0.25) is 0 Å². The van der Waals surface area contributed by atoms with Crippen molar-refractivity contribution < 1.29 is 13.5 Å². The zero-order valence-electron chi connectivity index (χ0n) is 10.3. The van der Waals surface area contributed by atoms with Crippen molar-refractivity contribution in [1.29, 1.82) is 0 Å². The van der Waals surface area contributed by atoms with Gasteiger partial charge < -0.3 is 10.8 Å². The van der Waals surface area contributed by atoms with Crippen molar-refractivity contribution in [3.05, 3.63) is 29.3 Å². The highest BCUT2D eigenvalue weighted by Crippen LogP contribution is 2.24. The predicted molar refractivity (Wildman–Crippen MR) is 70.2 cm³/mol. The quantitative estimate of drug-likeness (QED) is 0.841. The molecule has 18 heavy (non-hydrogen) atoms. The third-order valence-corrected chi connectivity index (χ3v) is 5.16. The van der Waals surface area contributed by atoms with E-state index < -0.39 is 15.9 Å². The summed E-state index contributed by atoms with van der Waals surface area (Å²) >= 11 is 0. The van der Waals surface area contributed by atoms with Gasteiger partial charge in [0.15, 0.2) is 9.84 Å². The van der Waals surface area contributed by atoms with E-state index in [9.17, 15) is 13.5 Å². The number of rotatable bonds is 4. The summed E-state index contributed by atoms with van der Waals surface area (Å²) in [5, 5.41) is 9.39. The molecule has 100 valence electrons. The van der Waals surface area contributed by atoms with E-state index in [2.05, 4.69) is 0 Å². The lowest BCUT2D eigenvalue weighted by molar-refractivity contribution is 0.205. The molecule has 0 heterocycles. The van der Waals surface area contributed by atoms with Gasteiger partial charge in [-0.15, -0.1) is 0 Å². The van der Waals surface area contributed by atoms with Crippen molar-refractivity contribution in [2.45, 2.75) is 36.7 Å². The molecule has 1 unspecified atom stereocenters. The van der Waals surface area contributed by atoms with E-state index >= 15 is 0 Å². The van der Waals surface area contributed by atoms with Gasteiger partial charge in [0, 0.05) is 6.54 Å². The maximum Gasteiger partial charge on any atom is 0.180 e. The molecule has 0 aromatic heterocycles. The summed E-state index contributed by atoms with van der Waals surface area (Å²) in [6.45, 7) is -0.0375. The van der Waals surface area contributed by atoms with Gasteiger partial charge in [0.1, 0.15) is 0 Å². The minimum absolute atomic E-state index is 0.0375. The fourth-order valence-corrected chi connectivity index (χ4v) is 3.75. The second kappa shape index (κ2) is 5.38. The normalized spacial score (nSPS) is 17.2. The van der Waals surface area contributed by atoms with Gasteiger partial charge in [-0.1, -0.05) is 6.07 Å². The molecular weight excluding hydrogens is 250 g/mol. The summed E-state index contributed by atoms with van der Waals surface area (Å²) in [6.07, 6.45) is 3.26. The molecule has 2 rings (SSSR count). The van der Waals surface area contributed by atoms with E-state index in [1.54, 1.807) is 12.1 Å². The molecule has 0 saturated heterocycles. The van der Waals surface area contributed by atoms with Crippen LogP contribution in [0.4, 0.5) is 0 Å². The zero-order valence-corrected chi connectivity index (χ0v) is 11.1. The Morgan fingerprint density at radius 3 is 2.56 bits per heavy atom. The topological polar surface area (TPSA) is 80.4 Å². The molecule has 0 radical (unpaired) electrons. The Balaban J connectivity index is 2.28. The summed E-state index contributed by atoms with van der Waals surface area (Å²) in [5.74, 6) is -0.303. The second-order valence-corrected chi connectivity index (χ2v) is 6.84. The molecule has 4 nitrogen and oxygen atoms in total. The van der Waals surface area contributed by atoms with Gasteiger partial charge in [-0.3, -0.25) is 0 Å². The molecule has 1 atom stereocenters. The molecule has 1 aromatic carbocycles. The van der Waals surface area contributed by atoms with Crippen LogP contribution < -0.4 is 5.73 Å². The number of sulfone groups is 1. The maximum atomic E-state index is 12.1. The fraction of sp³-hybridized carbons (Fsp3) is 0.538. The van der Waals surface area contributed by atoms with Crippen LogP contribution in [0.15, 0.2) is 23.1 Å². The van der Waals surface area contributed by atoms with Crippen molar-refractivity contribution >= 4 is 9.84 Å². The first-order valence-electron chi connectivity index (χ1n) is 6.25. The number of aliphatic hydroxyl groups excluding tert-OH is 1. The number of hydrogen-bond donors (Lipinski definition) is 2. The number of aryl methyl sites for hydroxylation is 2. The fourth-order valence-electron chi connectivity index (χ4n) is 2.32. The summed E-state index contributed by atoms with van der Waals surface area (Å²) in [4.78, 5) is 0.302. The second-order valence-electron chi connectivity index (χ2n) is 4.81. The number of aliphatic hydroxyl groups is 1. The van der Waals surface area contributed by atoms with Gasteiger partial charge in [-0.25, -0.2) is 8.42 Å². The van der Waals surface area contributed by atoms with E-state index in [-0.39, 0.29) is 12.3 Å². The average molecular weight is 269 g/mol. The minimum atomic E-state index is -3.44. The standard InChI is InChI=1S/C13H19NO3S/c14-8-12(15)9-18(16,17)13-6-5-10-3-1-2-4-11(10)7-13/h5-7,12,15H,1-4,8-9,14H2. The Morgan fingerprint density at radius 2 is 1.89 bits per heavy atom. The SMILES string of the molecule is NCC(O)CS(=O)(=O)c1ccc2c(c1)CCCC2. The lowest BCUT2D eigenvalue weighted by atomic mass is 9.92. The molecule has 1 aromatic rings. The number of nitrogens with two attached hydrogens (primary N) is 1. The Hall–Kier alpha value is -0.910. The van der Waals surface area contributed by atoms with Crippen LogP contribution in [-0.2, 0) is 22.7 Å². The number of fused-ring (bicyclic) bond motifs is 1. The van der Waals surface area contributed by atoms with Crippen molar-refractivity contribution in [2.75, 3.05) is 12.3 Å². The van der Waals surface area contributed by atoms with Crippen LogP contribution >= 0.6 is 0 Å². The van der Waals surface area contributed by atoms with Crippen LogP contribution in [0.3, 0.4) is 0 Å². The number of hydrogen-bond acceptors (Lipinski definition) is 4. The van der Waals surface area contributed by atoms with Gasteiger partial charge >= 0.3 is 0 Å². The lowest BCUT2D eigenvalue weighted by Gasteiger charge is -2.17. The van der Waals surface area contributed by atoms with Crippen LogP contribution in [-0.4, -0.2) is 31.9 Å². The van der Waals surface area contributed by atoms with Crippen molar-refractivity contribution in [3.63, 3.8) is 0 Å². The highest BCUT2D eigenvalue weighted by molar-refractivity contribution is 7.91. The lowest BCUT2D eigenvalue weighted by Crippen LogP contribution is -2.28. The largest absolute Gasteiger partial charge is 0.391 e. The monoisotopic (exact) mass is 269 g/mol. The van der Waals surface area contributed by atoms with Gasteiger partial charge in [-0.2, -0.15) is 0 Å². The molecule has 0 spiro atoms. The number of benzene rings is 1. The van der Waals surface area contributed by atoms with E-state index in [0.717, 1.165) is 24.8 Å².